The van der Waals surface area contributed by atoms with E-state index in [4.69, 9.17) is 4.74 Å². The van der Waals surface area contributed by atoms with Crippen molar-refractivity contribution in [2.24, 2.45) is 0 Å². The molecule has 0 aliphatic rings. The van der Waals surface area contributed by atoms with Crippen LogP contribution in [0.5, 0.6) is 5.75 Å². The van der Waals surface area contributed by atoms with Crippen LogP contribution in [0.25, 0.3) is 0 Å². The van der Waals surface area contributed by atoms with Gasteiger partial charge in [0.15, 0.2) is 0 Å². The molecule has 0 aliphatic carbocycles. The fourth-order valence-corrected chi connectivity index (χ4v) is 2.44. The number of hydrogen-bond donors (Lipinski definition) is 2. The molecule has 0 atom stereocenters. The highest BCUT2D eigenvalue weighted by Gasteiger charge is 2.12. The highest BCUT2D eigenvalue weighted by atomic mass is 16.5. The van der Waals surface area contributed by atoms with Gasteiger partial charge in [0.1, 0.15) is 5.75 Å². The zero-order valence-corrected chi connectivity index (χ0v) is 14.4. The molecule has 2 amide bonds. The second kappa shape index (κ2) is 7.64. The monoisotopic (exact) mass is 326 g/mol. The first kappa shape index (κ1) is 17.5. The molecule has 126 valence electrons. The summed E-state index contributed by atoms with van der Waals surface area (Å²) in [6.45, 7) is 5.66. The van der Waals surface area contributed by atoms with Crippen LogP contribution in [0.1, 0.15) is 27.0 Å². The van der Waals surface area contributed by atoms with E-state index in [9.17, 15) is 9.59 Å². The molecule has 2 N–H and O–H groups in total. The molecule has 5 nitrogen and oxygen atoms in total. The van der Waals surface area contributed by atoms with Crippen LogP contribution in [0.2, 0.25) is 0 Å². The van der Waals surface area contributed by atoms with E-state index < -0.39 is 0 Å². The predicted molar refractivity (Wildman–Crippen MR) is 94.6 cm³/mol. The Hall–Kier alpha value is -2.82. The van der Waals surface area contributed by atoms with Gasteiger partial charge in [0.25, 0.3) is 5.91 Å². The van der Waals surface area contributed by atoms with Gasteiger partial charge in [-0.3, -0.25) is 9.59 Å². The standard InChI is InChI=1S/C19H22N2O3/c1-12-5-7-15(14(3)9-12)19(23)20-11-18(22)21-16-10-13(2)6-8-17(16)24-4/h5-10H,11H2,1-4H3,(H,20,23)(H,21,22). The Balaban J connectivity index is 1.98. The van der Waals surface area contributed by atoms with E-state index in [1.165, 1.54) is 0 Å². The summed E-state index contributed by atoms with van der Waals surface area (Å²) in [7, 11) is 1.54. The molecule has 2 aromatic rings. The average Bonchev–Trinajstić information content (AvgIpc) is 2.53. The number of anilines is 1. The normalized spacial score (nSPS) is 10.2. The Morgan fingerprint density at radius 1 is 1.00 bits per heavy atom. The van der Waals surface area contributed by atoms with Gasteiger partial charge >= 0.3 is 0 Å². The number of hydrogen-bond acceptors (Lipinski definition) is 3. The summed E-state index contributed by atoms with van der Waals surface area (Å²) >= 11 is 0. The Kier molecular flexibility index (Phi) is 5.58. The summed E-state index contributed by atoms with van der Waals surface area (Å²) in [6.07, 6.45) is 0. The lowest BCUT2D eigenvalue weighted by molar-refractivity contribution is -0.115. The van der Waals surface area contributed by atoms with Gasteiger partial charge in [0.2, 0.25) is 5.91 Å². The molecular formula is C19H22N2O3. The Labute approximate surface area is 142 Å². The van der Waals surface area contributed by atoms with Crippen molar-refractivity contribution in [3.63, 3.8) is 0 Å². The van der Waals surface area contributed by atoms with Gasteiger partial charge < -0.3 is 15.4 Å². The maximum atomic E-state index is 12.2. The topological polar surface area (TPSA) is 67.4 Å². The van der Waals surface area contributed by atoms with Crippen LogP contribution in [0.4, 0.5) is 5.69 Å². The predicted octanol–water partition coefficient (Wildman–Crippen LogP) is 2.99. The highest BCUT2D eigenvalue weighted by Crippen LogP contribution is 2.24. The fourth-order valence-electron chi connectivity index (χ4n) is 2.44. The van der Waals surface area contributed by atoms with Gasteiger partial charge in [-0.15, -0.1) is 0 Å². The van der Waals surface area contributed by atoms with E-state index in [0.29, 0.717) is 17.0 Å². The van der Waals surface area contributed by atoms with Crippen LogP contribution < -0.4 is 15.4 Å². The van der Waals surface area contributed by atoms with E-state index >= 15 is 0 Å². The lowest BCUT2D eigenvalue weighted by Crippen LogP contribution is -2.33. The highest BCUT2D eigenvalue weighted by molar-refractivity contribution is 6.00. The third kappa shape index (κ3) is 4.35. The van der Waals surface area contributed by atoms with E-state index in [0.717, 1.165) is 16.7 Å². The molecule has 2 aromatic carbocycles. The number of carbonyl (C=O) groups is 2. The number of ether oxygens (including phenoxy) is 1. The minimum absolute atomic E-state index is 0.108. The molecule has 0 radical (unpaired) electrons. The van der Waals surface area contributed by atoms with Crippen molar-refractivity contribution >= 4 is 17.5 Å². The van der Waals surface area contributed by atoms with Crippen LogP contribution >= 0.6 is 0 Å². The summed E-state index contributed by atoms with van der Waals surface area (Å²) in [5.74, 6) is 0.00512. The summed E-state index contributed by atoms with van der Waals surface area (Å²) in [5, 5.41) is 5.39. The van der Waals surface area contributed by atoms with Crippen molar-refractivity contribution in [2.75, 3.05) is 19.0 Å². The Bertz CT molecular complexity index is 769. The van der Waals surface area contributed by atoms with Crippen LogP contribution in [0.15, 0.2) is 36.4 Å². The van der Waals surface area contributed by atoms with Crippen molar-refractivity contribution in [3.8, 4) is 5.75 Å². The number of carbonyl (C=O) groups excluding carboxylic acids is 2. The molecular weight excluding hydrogens is 304 g/mol. The molecule has 0 unspecified atom stereocenters. The Morgan fingerprint density at radius 3 is 2.33 bits per heavy atom. The third-order valence-electron chi connectivity index (χ3n) is 3.67. The summed E-state index contributed by atoms with van der Waals surface area (Å²) < 4.78 is 5.22. The van der Waals surface area contributed by atoms with Gasteiger partial charge in [-0.25, -0.2) is 0 Å². The number of rotatable bonds is 5. The number of benzene rings is 2. The largest absolute Gasteiger partial charge is 0.495 e. The lowest BCUT2D eigenvalue weighted by atomic mass is 10.1. The second-order valence-corrected chi connectivity index (χ2v) is 5.75. The quantitative estimate of drug-likeness (QED) is 0.887. The second-order valence-electron chi connectivity index (χ2n) is 5.75. The molecule has 0 spiro atoms. The fraction of sp³-hybridized carbons (Fsp3) is 0.263. The van der Waals surface area contributed by atoms with Crippen molar-refractivity contribution in [3.05, 3.63) is 58.7 Å². The van der Waals surface area contributed by atoms with Crippen molar-refractivity contribution < 1.29 is 14.3 Å². The number of nitrogens with one attached hydrogen (secondary N) is 2. The summed E-state index contributed by atoms with van der Waals surface area (Å²) in [5.41, 5.74) is 4.14. The number of amides is 2. The van der Waals surface area contributed by atoms with Gasteiger partial charge in [0.05, 0.1) is 19.3 Å². The van der Waals surface area contributed by atoms with Crippen molar-refractivity contribution in [1.82, 2.24) is 5.32 Å². The maximum Gasteiger partial charge on any atom is 0.251 e. The maximum absolute atomic E-state index is 12.2. The SMILES string of the molecule is COc1ccc(C)cc1NC(=O)CNC(=O)c1ccc(C)cc1C. The van der Waals surface area contributed by atoms with E-state index in [2.05, 4.69) is 10.6 Å². The van der Waals surface area contributed by atoms with Crippen molar-refractivity contribution in [2.45, 2.75) is 20.8 Å². The number of methoxy groups -OCH3 is 1. The van der Waals surface area contributed by atoms with Crippen LogP contribution in [-0.4, -0.2) is 25.5 Å². The summed E-state index contributed by atoms with van der Waals surface area (Å²) in [4.78, 5) is 24.3. The molecule has 0 aliphatic heterocycles. The van der Waals surface area contributed by atoms with Crippen LogP contribution in [0, 0.1) is 20.8 Å². The third-order valence-corrected chi connectivity index (χ3v) is 3.67. The molecule has 0 saturated heterocycles. The van der Waals surface area contributed by atoms with E-state index in [1.54, 1.807) is 19.2 Å². The average molecular weight is 326 g/mol. The molecule has 0 bridgehead atoms. The minimum Gasteiger partial charge on any atom is -0.495 e. The zero-order valence-electron chi connectivity index (χ0n) is 14.4. The van der Waals surface area contributed by atoms with Gasteiger partial charge in [-0.2, -0.15) is 0 Å². The first-order chi connectivity index (χ1) is 11.4. The molecule has 0 saturated carbocycles. The number of aryl methyl sites for hydroxylation is 3. The van der Waals surface area contributed by atoms with E-state index in [-0.39, 0.29) is 18.4 Å². The van der Waals surface area contributed by atoms with E-state index in [1.807, 2.05) is 45.0 Å². The van der Waals surface area contributed by atoms with Gasteiger partial charge in [0, 0.05) is 5.56 Å². The molecule has 5 heteroatoms. The molecule has 0 aromatic heterocycles. The first-order valence-corrected chi connectivity index (χ1v) is 7.70. The van der Waals surface area contributed by atoms with Crippen LogP contribution in [0.3, 0.4) is 0 Å². The first-order valence-electron chi connectivity index (χ1n) is 7.70. The lowest BCUT2D eigenvalue weighted by Gasteiger charge is -2.12. The molecule has 24 heavy (non-hydrogen) atoms. The van der Waals surface area contributed by atoms with Gasteiger partial charge in [-0.1, -0.05) is 23.8 Å². The zero-order chi connectivity index (χ0) is 17.7. The molecule has 0 fully saturated rings. The van der Waals surface area contributed by atoms with Gasteiger partial charge in [-0.05, 0) is 50.1 Å². The van der Waals surface area contributed by atoms with Crippen LogP contribution in [-0.2, 0) is 4.79 Å². The Morgan fingerprint density at radius 2 is 1.67 bits per heavy atom. The minimum atomic E-state index is -0.308. The molecule has 2 rings (SSSR count). The smallest absolute Gasteiger partial charge is 0.251 e. The molecule has 0 heterocycles. The summed E-state index contributed by atoms with van der Waals surface area (Å²) in [6, 6.07) is 11.1. The van der Waals surface area contributed by atoms with Crippen molar-refractivity contribution in [1.29, 1.82) is 0 Å².